The fraction of sp³-hybridized carbons (Fsp3) is 0.167. The predicted molar refractivity (Wildman–Crippen MR) is 63.7 cm³/mol. The zero-order valence-corrected chi connectivity index (χ0v) is 9.87. The lowest BCUT2D eigenvalue weighted by atomic mass is 10.1. The van der Waals surface area contributed by atoms with Gasteiger partial charge in [0.05, 0.1) is 5.56 Å². The monoisotopic (exact) mass is 261 g/mol. The molecule has 1 aromatic heterocycles. The van der Waals surface area contributed by atoms with E-state index in [1.807, 2.05) is 0 Å². The molecule has 0 radical (unpaired) electrons. The number of nitrogens with zero attached hydrogens (tertiary/aromatic N) is 2. The number of aromatic carboxylic acids is 1. The van der Waals surface area contributed by atoms with Crippen LogP contribution in [0.5, 0.6) is 0 Å². The second-order valence-electron chi connectivity index (χ2n) is 3.73. The summed E-state index contributed by atoms with van der Waals surface area (Å²) in [6.45, 7) is 0.332. The van der Waals surface area contributed by atoms with E-state index in [9.17, 15) is 9.59 Å². The van der Waals surface area contributed by atoms with Crippen molar-refractivity contribution in [3.63, 3.8) is 0 Å². The van der Waals surface area contributed by atoms with Crippen LogP contribution in [0.15, 0.2) is 35.1 Å². The van der Waals surface area contributed by atoms with E-state index in [0.29, 0.717) is 24.4 Å². The Kier molecular flexibility index (Phi) is 3.87. The third-order valence-electron chi connectivity index (χ3n) is 2.40. The molecule has 0 aliphatic rings. The molecular formula is C12H11N3O4. The number of benzene rings is 1. The second-order valence-corrected chi connectivity index (χ2v) is 3.73. The summed E-state index contributed by atoms with van der Waals surface area (Å²) in [4.78, 5) is 26.4. The van der Waals surface area contributed by atoms with Crippen molar-refractivity contribution in [2.24, 2.45) is 0 Å². The van der Waals surface area contributed by atoms with E-state index in [1.54, 1.807) is 6.07 Å². The molecule has 1 heterocycles. The number of aromatic nitrogens is 2. The van der Waals surface area contributed by atoms with Gasteiger partial charge in [-0.25, -0.2) is 4.79 Å². The van der Waals surface area contributed by atoms with Crippen molar-refractivity contribution in [2.45, 2.75) is 6.42 Å². The summed E-state index contributed by atoms with van der Waals surface area (Å²) in [5.41, 5.74) is 0.370. The number of amides is 1. The van der Waals surface area contributed by atoms with Crippen LogP contribution in [0.2, 0.25) is 0 Å². The highest BCUT2D eigenvalue weighted by Crippen LogP contribution is 2.05. The number of carbonyl (C=O) groups excluding carboxylic acids is 1. The Morgan fingerprint density at radius 2 is 2.11 bits per heavy atom. The van der Waals surface area contributed by atoms with Gasteiger partial charge in [-0.2, -0.15) is 4.98 Å². The highest BCUT2D eigenvalue weighted by Gasteiger charge is 2.09. The number of carboxylic acid groups (broad SMARTS) is 1. The highest BCUT2D eigenvalue weighted by molar-refractivity contribution is 5.97. The molecule has 7 heteroatoms. The zero-order chi connectivity index (χ0) is 13.7. The predicted octanol–water partition coefficient (Wildman–Crippen LogP) is 0.740. The molecule has 0 spiro atoms. The lowest BCUT2D eigenvalue weighted by Gasteiger charge is -2.04. The first-order valence-electron chi connectivity index (χ1n) is 5.54. The minimum Gasteiger partial charge on any atom is -0.478 e. The summed E-state index contributed by atoms with van der Waals surface area (Å²) in [5, 5.41) is 14.9. The maximum atomic E-state index is 11.8. The summed E-state index contributed by atoms with van der Waals surface area (Å²) in [5.74, 6) is -0.984. The van der Waals surface area contributed by atoms with Gasteiger partial charge in [0.2, 0.25) is 5.89 Å². The van der Waals surface area contributed by atoms with Gasteiger partial charge in [-0.15, -0.1) is 0 Å². The first-order valence-corrected chi connectivity index (χ1v) is 5.54. The molecule has 19 heavy (non-hydrogen) atoms. The molecule has 0 saturated heterocycles. The van der Waals surface area contributed by atoms with Gasteiger partial charge < -0.3 is 14.9 Å². The number of hydrogen-bond donors (Lipinski definition) is 2. The topological polar surface area (TPSA) is 105 Å². The Morgan fingerprint density at radius 1 is 1.32 bits per heavy atom. The molecule has 0 saturated carbocycles. The van der Waals surface area contributed by atoms with Gasteiger partial charge in [-0.05, 0) is 18.2 Å². The van der Waals surface area contributed by atoms with Gasteiger partial charge >= 0.3 is 5.97 Å². The molecule has 98 valence electrons. The summed E-state index contributed by atoms with van der Waals surface area (Å²) in [6.07, 6.45) is 1.71. The molecule has 0 fully saturated rings. The third kappa shape index (κ3) is 3.38. The summed E-state index contributed by atoms with van der Waals surface area (Å²) in [6, 6.07) is 5.83. The molecule has 2 N–H and O–H groups in total. The van der Waals surface area contributed by atoms with Gasteiger partial charge in [0.1, 0.15) is 0 Å². The molecule has 0 aliphatic carbocycles. The summed E-state index contributed by atoms with van der Waals surface area (Å²) >= 11 is 0. The quantitative estimate of drug-likeness (QED) is 0.822. The average Bonchev–Trinajstić information content (AvgIpc) is 2.92. The Balaban J connectivity index is 1.92. The molecule has 1 amide bonds. The van der Waals surface area contributed by atoms with E-state index in [4.69, 9.17) is 9.63 Å². The van der Waals surface area contributed by atoms with E-state index < -0.39 is 5.97 Å². The normalized spacial score (nSPS) is 10.1. The Hall–Kier alpha value is -2.70. The molecule has 1 aromatic carbocycles. The van der Waals surface area contributed by atoms with E-state index in [2.05, 4.69) is 15.5 Å². The Labute approximate surface area is 108 Å². The average molecular weight is 261 g/mol. The fourth-order valence-corrected chi connectivity index (χ4v) is 1.48. The van der Waals surface area contributed by atoms with Crippen LogP contribution in [-0.4, -0.2) is 33.7 Å². The molecule has 2 rings (SSSR count). The smallest absolute Gasteiger partial charge is 0.335 e. The first-order chi connectivity index (χ1) is 9.16. The van der Waals surface area contributed by atoms with Crippen molar-refractivity contribution in [3.05, 3.63) is 47.6 Å². The van der Waals surface area contributed by atoms with Gasteiger partial charge in [-0.3, -0.25) is 4.79 Å². The van der Waals surface area contributed by atoms with Crippen LogP contribution in [0.25, 0.3) is 0 Å². The van der Waals surface area contributed by atoms with Crippen LogP contribution in [-0.2, 0) is 6.42 Å². The zero-order valence-electron chi connectivity index (χ0n) is 9.87. The molecule has 7 nitrogen and oxygen atoms in total. The first kappa shape index (κ1) is 12.7. The third-order valence-corrected chi connectivity index (χ3v) is 2.40. The van der Waals surface area contributed by atoms with Gasteiger partial charge in [-0.1, -0.05) is 11.2 Å². The molecule has 0 bridgehead atoms. The standard InChI is InChI=1S/C12H11N3O4/c16-11(13-5-4-10-14-7-15-19-10)8-2-1-3-9(6-8)12(17)18/h1-3,6-7H,4-5H2,(H,13,16)(H,17,18). The van der Waals surface area contributed by atoms with Crippen molar-refractivity contribution >= 4 is 11.9 Å². The number of hydrogen-bond acceptors (Lipinski definition) is 5. The van der Waals surface area contributed by atoms with E-state index in [0.717, 1.165) is 0 Å². The van der Waals surface area contributed by atoms with Crippen molar-refractivity contribution in [1.82, 2.24) is 15.5 Å². The Morgan fingerprint density at radius 3 is 2.79 bits per heavy atom. The van der Waals surface area contributed by atoms with Crippen LogP contribution in [0.1, 0.15) is 26.6 Å². The highest BCUT2D eigenvalue weighted by atomic mass is 16.5. The number of carboxylic acids is 1. The summed E-state index contributed by atoms with van der Waals surface area (Å²) < 4.78 is 4.78. The van der Waals surface area contributed by atoms with Gasteiger partial charge in [0.25, 0.3) is 5.91 Å². The SMILES string of the molecule is O=C(O)c1cccc(C(=O)NCCc2ncno2)c1. The van der Waals surface area contributed by atoms with E-state index in [-0.39, 0.29) is 11.5 Å². The van der Waals surface area contributed by atoms with Crippen LogP contribution >= 0.6 is 0 Å². The molecule has 2 aromatic rings. The lowest BCUT2D eigenvalue weighted by Crippen LogP contribution is -2.26. The maximum absolute atomic E-state index is 11.8. The number of rotatable bonds is 5. The van der Waals surface area contributed by atoms with E-state index >= 15 is 0 Å². The van der Waals surface area contributed by atoms with Gasteiger partial charge in [0, 0.05) is 18.5 Å². The van der Waals surface area contributed by atoms with Crippen molar-refractivity contribution < 1.29 is 19.2 Å². The summed E-state index contributed by atoms with van der Waals surface area (Å²) in [7, 11) is 0. The van der Waals surface area contributed by atoms with Crippen LogP contribution < -0.4 is 5.32 Å². The minimum atomic E-state index is -1.07. The largest absolute Gasteiger partial charge is 0.478 e. The fourth-order valence-electron chi connectivity index (χ4n) is 1.48. The van der Waals surface area contributed by atoms with Crippen LogP contribution in [0, 0.1) is 0 Å². The van der Waals surface area contributed by atoms with E-state index in [1.165, 1.54) is 24.5 Å². The molecule has 0 atom stereocenters. The second kappa shape index (κ2) is 5.76. The Bertz CT molecular complexity index is 580. The van der Waals surface area contributed by atoms with Crippen molar-refractivity contribution in [2.75, 3.05) is 6.54 Å². The number of carbonyl (C=O) groups is 2. The van der Waals surface area contributed by atoms with Crippen molar-refractivity contribution in [3.8, 4) is 0 Å². The molecular weight excluding hydrogens is 250 g/mol. The van der Waals surface area contributed by atoms with Crippen molar-refractivity contribution in [1.29, 1.82) is 0 Å². The minimum absolute atomic E-state index is 0.0737. The number of nitrogens with one attached hydrogen (secondary N) is 1. The maximum Gasteiger partial charge on any atom is 0.335 e. The van der Waals surface area contributed by atoms with Crippen LogP contribution in [0.4, 0.5) is 0 Å². The lowest BCUT2D eigenvalue weighted by molar-refractivity contribution is 0.0697. The van der Waals surface area contributed by atoms with Crippen LogP contribution in [0.3, 0.4) is 0 Å². The molecule has 0 unspecified atom stereocenters. The van der Waals surface area contributed by atoms with Gasteiger partial charge in [0.15, 0.2) is 6.33 Å². The molecule has 0 aliphatic heterocycles.